The zero-order chi connectivity index (χ0) is 82.0. The van der Waals surface area contributed by atoms with E-state index in [9.17, 15) is 0 Å². The molecule has 0 bridgehead atoms. The van der Waals surface area contributed by atoms with E-state index in [4.69, 9.17) is 0 Å². The molecule has 0 nitrogen and oxygen atoms in total. The van der Waals surface area contributed by atoms with Gasteiger partial charge in [0.25, 0.3) is 0 Å². The first-order valence-electron chi connectivity index (χ1n) is 43.0. The lowest BCUT2D eigenvalue weighted by Crippen LogP contribution is -1.92. The van der Waals surface area contributed by atoms with Crippen molar-refractivity contribution >= 4 is 140 Å². The average molecular weight is 1570 g/mol. The predicted octanol–water partition coefficient (Wildman–Crippen LogP) is 35.1. The molecule has 0 atom stereocenters. The summed E-state index contributed by atoms with van der Waals surface area (Å²) in [5.41, 5.74) is 22.7. The molecule has 0 N–H and O–H groups in total. The van der Waals surface area contributed by atoms with Gasteiger partial charge in [-0.3, -0.25) is 0 Å². The highest BCUT2D eigenvalue weighted by atomic mass is 14.3. The molecule has 576 valence electrons. The maximum absolute atomic E-state index is 2.40. The van der Waals surface area contributed by atoms with E-state index in [1.165, 1.54) is 240 Å². The summed E-state index contributed by atoms with van der Waals surface area (Å²) in [6.07, 6.45) is 0. The average Bonchev–Trinajstić information content (AvgIpc) is 0.730. The molecule has 0 fully saturated rings. The number of rotatable bonds is 9. The molecule has 25 rings (SSSR count). The number of hydrogen-bond donors (Lipinski definition) is 0. The van der Waals surface area contributed by atoms with E-state index in [1.807, 2.05) is 0 Å². The molecule has 0 aromatic heterocycles. The maximum atomic E-state index is 2.40. The SMILES string of the molecule is c1cc(-c2ccc3ccccc3c2)cc(-c2c3ccccc3c(-c3ccc4ccccc4c3)c3ccccc23)c1.c1cc(-c2cccc3ccccc23)cc(-c2c3ccccc3c(-c3cc4ccccc4c4ccccc34)c3ccccc23)c1.c1cc(-c2cccc3ccccc23)cc(-c2c3ccccc3c(-c3ccc4ccccc4c3)c3ccccc23)c1. The first kappa shape index (κ1) is 73.1. The number of benzene rings is 25. The van der Waals surface area contributed by atoms with Gasteiger partial charge in [0, 0.05) is 0 Å². The fraction of sp³-hybridized carbons (Fsp3) is 0. The topological polar surface area (TPSA) is 0 Å². The van der Waals surface area contributed by atoms with Gasteiger partial charge in [0.15, 0.2) is 0 Å². The lowest BCUT2D eigenvalue weighted by molar-refractivity contribution is 1.63. The van der Waals surface area contributed by atoms with Gasteiger partial charge in [-0.05, 0) is 283 Å². The van der Waals surface area contributed by atoms with Gasteiger partial charge in [0.2, 0.25) is 0 Å². The minimum absolute atomic E-state index is 1.23. The van der Waals surface area contributed by atoms with E-state index in [-0.39, 0.29) is 0 Å². The zero-order valence-electron chi connectivity index (χ0n) is 68.2. The second kappa shape index (κ2) is 31.2. The Labute approximate surface area is 720 Å². The molecule has 124 heavy (non-hydrogen) atoms. The van der Waals surface area contributed by atoms with Gasteiger partial charge >= 0.3 is 0 Å². The van der Waals surface area contributed by atoms with Crippen LogP contribution in [-0.4, -0.2) is 0 Å². The van der Waals surface area contributed by atoms with Crippen molar-refractivity contribution in [2.75, 3.05) is 0 Å². The van der Waals surface area contributed by atoms with Gasteiger partial charge in [-0.25, -0.2) is 0 Å². The minimum Gasteiger partial charge on any atom is -0.0616 e. The molecule has 0 heterocycles. The van der Waals surface area contributed by atoms with Crippen molar-refractivity contribution in [3.8, 4) is 100 Å². The summed E-state index contributed by atoms with van der Waals surface area (Å²) < 4.78 is 0. The summed E-state index contributed by atoms with van der Waals surface area (Å²) in [5, 5.41) is 33.1. The van der Waals surface area contributed by atoms with Crippen LogP contribution in [0.5, 0.6) is 0 Å². The molecule has 0 saturated carbocycles. The number of hydrogen-bond acceptors (Lipinski definition) is 0. The van der Waals surface area contributed by atoms with Crippen molar-refractivity contribution in [1.82, 2.24) is 0 Å². The minimum atomic E-state index is 1.23. The van der Waals surface area contributed by atoms with E-state index in [2.05, 4.69) is 485 Å². The third-order valence-electron chi connectivity index (χ3n) is 25.6. The highest BCUT2D eigenvalue weighted by Gasteiger charge is 2.23. The lowest BCUT2D eigenvalue weighted by Gasteiger charge is -2.20. The van der Waals surface area contributed by atoms with Crippen LogP contribution in [0.1, 0.15) is 0 Å². The normalized spacial score (nSPS) is 11.5. The fourth-order valence-corrected chi connectivity index (χ4v) is 20.0. The molecule has 0 unspecified atom stereocenters. The fourth-order valence-electron chi connectivity index (χ4n) is 20.0. The Bertz CT molecular complexity index is 8380. The van der Waals surface area contributed by atoms with Crippen LogP contribution in [0.2, 0.25) is 0 Å². The second-order valence-electron chi connectivity index (χ2n) is 32.7. The standard InChI is InChI=1S/C44H28.2C40H26/c1-3-18-33-29(13-1)15-12-26-34(33)30-16-11-17-32(27-30)43-38-22-7-9-24-40(38)44(41-25-10-8-23-39(41)43)42-28-31-14-2-4-19-35(31)36-20-5-6-21-37(36)42;1-3-12-29-24-32(22-20-27(29)10-1)31-14-9-15-33(26-31)39-35-16-5-7-18-37(35)40(38-19-8-6-17-36(38)39)34-23-21-28-11-2-4-13-30(28)25-34;1-2-13-29-25-32(24-23-27(29)11-1)40-37-20-7-5-18-35(37)39(36-19-6-8-21-38(36)40)31-16-9-15-30(26-31)34-22-10-14-28-12-3-4-17-33(28)34/h1-28H;2*1-26H. The Hall–Kier alpha value is -16.1. The molecule has 0 spiro atoms. The third-order valence-corrected chi connectivity index (χ3v) is 25.6. The van der Waals surface area contributed by atoms with Gasteiger partial charge < -0.3 is 0 Å². The molecule has 25 aromatic carbocycles. The lowest BCUT2D eigenvalue weighted by atomic mass is 9.83. The van der Waals surface area contributed by atoms with Crippen LogP contribution in [-0.2, 0) is 0 Å². The van der Waals surface area contributed by atoms with Crippen molar-refractivity contribution in [3.05, 3.63) is 485 Å². The Balaban J connectivity index is 0.000000108. The summed E-state index contributed by atoms with van der Waals surface area (Å²) in [4.78, 5) is 0. The molecule has 0 amide bonds. The Morgan fingerprint density at radius 3 is 0.661 bits per heavy atom. The van der Waals surface area contributed by atoms with Crippen LogP contribution >= 0.6 is 0 Å². The Kier molecular flexibility index (Phi) is 18.4. The van der Waals surface area contributed by atoms with E-state index >= 15 is 0 Å². The van der Waals surface area contributed by atoms with Gasteiger partial charge in [-0.1, -0.05) is 443 Å². The Morgan fingerprint density at radius 2 is 0.298 bits per heavy atom. The number of fused-ring (bicyclic) bond motifs is 14. The third kappa shape index (κ3) is 13.0. The van der Waals surface area contributed by atoms with Crippen molar-refractivity contribution in [2.45, 2.75) is 0 Å². The van der Waals surface area contributed by atoms with Crippen LogP contribution < -0.4 is 0 Å². The predicted molar refractivity (Wildman–Crippen MR) is 536 cm³/mol. The molecule has 0 aliphatic carbocycles. The molecule has 0 aliphatic rings. The van der Waals surface area contributed by atoms with Crippen molar-refractivity contribution in [1.29, 1.82) is 0 Å². The van der Waals surface area contributed by atoms with Gasteiger partial charge in [0.1, 0.15) is 0 Å². The summed E-state index contributed by atoms with van der Waals surface area (Å²) in [5.74, 6) is 0. The van der Waals surface area contributed by atoms with E-state index < -0.39 is 0 Å². The van der Waals surface area contributed by atoms with Crippen LogP contribution in [0.15, 0.2) is 485 Å². The van der Waals surface area contributed by atoms with Crippen LogP contribution in [0.3, 0.4) is 0 Å². The van der Waals surface area contributed by atoms with E-state index in [1.54, 1.807) is 0 Å². The summed E-state index contributed by atoms with van der Waals surface area (Å²) in [6.45, 7) is 0. The van der Waals surface area contributed by atoms with Gasteiger partial charge in [-0.15, -0.1) is 0 Å². The van der Waals surface area contributed by atoms with Crippen LogP contribution in [0, 0.1) is 0 Å². The molecule has 0 saturated heterocycles. The first-order chi connectivity index (χ1) is 61.5. The zero-order valence-corrected chi connectivity index (χ0v) is 68.2. The summed E-state index contributed by atoms with van der Waals surface area (Å²) in [6, 6.07) is 177. The van der Waals surface area contributed by atoms with Crippen LogP contribution in [0.25, 0.3) is 240 Å². The largest absolute Gasteiger partial charge is 0.0616 e. The highest BCUT2D eigenvalue weighted by Crippen LogP contribution is 2.51. The monoisotopic (exact) mass is 1570 g/mol. The second-order valence-corrected chi connectivity index (χ2v) is 32.7. The van der Waals surface area contributed by atoms with E-state index in [0.717, 1.165) is 0 Å². The van der Waals surface area contributed by atoms with Crippen molar-refractivity contribution in [2.24, 2.45) is 0 Å². The molecule has 25 aromatic rings. The summed E-state index contributed by atoms with van der Waals surface area (Å²) in [7, 11) is 0. The van der Waals surface area contributed by atoms with Crippen LogP contribution in [0.4, 0.5) is 0 Å². The van der Waals surface area contributed by atoms with Crippen molar-refractivity contribution in [3.63, 3.8) is 0 Å². The van der Waals surface area contributed by atoms with Gasteiger partial charge in [0.05, 0.1) is 0 Å². The molecule has 0 radical (unpaired) electrons. The first-order valence-corrected chi connectivity index (χ1v) is 43.0. The molecular formula is C124H80. The van der Waals surface area contributed by atoms with Gasteiger partial charge in [-0.2, -0.15) is 0 Å². The molecule has 0 heteroatoms. The smallest absolute Gasteiger partial charge is 0.00199 e. The van der Waals surface area contributed by atoms with E-state index in [0.29, 0.717) is 0 Å². The van der Waals surface area contributed by atoms with Crippen molar-refractivity contribution < 1.29 is 0 Å². The summed E-state index contributed by atoms with van der Waals surface area (Å²) >= 11 is 0. The quantitative estimate of drug-likeness (QED) is 0.0998. The highest BCUT2D eigenvalue weighted by molar-refractivity contribution is 6.28. The Morgan fingerprint density at radius 1 is 0.0806 bits per heavy atom. The maximum Gasteiger partial charge on any atom is -0.00199 e. The molecule has 0 aliphatic heterocycles. The molecular weight excluding hydrogens is 1490 g/mol.